The summed E-state index contributed by atoms with van der Waals surface area (Å²) in [6.45, 7) is 10.3. The first-order valence-corrected chi connectivity index (χ1v) is 14.2. The van der Waals surface area contributed by atoms with Gasteiger partial charge in [0.25, 0.3) is 15.9 Å². The van der Waals surface area contributed by atoms with Crippen LogP contribution in [0.25, 0.3) is 5.57 Å². The van der Waals surface area contributed by atoms with Crippen LogP contribution in [0, 0.1) is 32.6 Å². The Hall–Kier alpha value is -3.72. The fraction of sp³-hybridized carbons (Fsp3) is 0.345. The van der Waals surface area contributed by atoms with Gasteiger partial charge in [0.2, 0.25) is 5.88 Å². The summed E-state index contributed by atoms with van der Waals surface area (Å²) in [5.74, 6) is 1.01. The maximum Gasteiger partial charge on any atom is 0.281 e. The van der Waals surface area contributed by atoms with Crippen molar-refractivity contribution in [2.75, 3.05) is 5.73 Å². The fourth-order valence-electron chi connectivity index (χ4n) is 4.80. The van der Waals surface area contributed by atoms with Gasteiger partial charge in [-0.05, 0) is 92.8 Å². The van der Waals surface area contributed by atoms with Gasteiger partial charge in [0, 0.05) is 0 Å². The van der Waals surface area contributed by atoms with Gasteiger partial charge in [0.05, 0.1) is 5.69 Å². The smallest absolute Gasteiger partial charge is 0.281 e. The van der Waals surface area contributed by atoms with E-state index >= 15 is 0 Å². The second-order valence-electron chi connectivity index (χ2n) is 10.2. The molecule has 200 valence electrons. The predicted molar refractivity (Wildman–Crippen MR) is 148 cm³/mol. The third kappa shape index (κ3) is 6.05. The summed E-state index contributed by atoms with van der Waals surface area (Å²) in [4.78, 5) is 21.8. The zero-order valence-corrected chi connectivity index (χ0v) is 23.2. The number of carbonyl (C=O) groups excluding carboxylic acids is 1. The van der Waals surface area contributed by atoms with E-state index in [1.54, 1.807) is 12.1 Å². The van der Waals surface area contributed by atoms with Gasteiger partial charge in [-0.25, -0.2) is 14.7 Å². The summed E-state index contributed by atoms with van der Waals surface area (Å²) in [5, 5.41) is -0.352. The molecule has 8 nitrogen and oxygen atoms in total. The van der Waals surface area contributed by atoms with Crippen LogP contribution in [0.15, 0.2) is 53.6 Å². The fourth-order valence-corrected chi connectivity index (χ4v) is 5.74. The van der Waals surface area contributed by atoms with E-state index < -0.39 is 15.9 Å². The molecule has 0 fully saturated rings. The number of nitrogens with two attached hydrogens (primary N) is 1. The number of sulfonamides is 1. The number of nitrogens with zero attached hydrogens (tertiary/aromatic N) is 2. The van der Waals surface area contributed by atoms with E-state index in [9.17, 15) is 13.2 Å². The number of nitrogen functional groups attached to an aromatic ring is 1. The number of amides is 1. The molecule has 3 N–H and O–H groups in total. The second kappa shape index (κ2) is 10.9. The van der Waals surface area contributed by atoms with Crippen LogP contribution in [0.5, 0.6) is 11.6 Å². The molecule has 1 amide bonds. The van der Waals surface area contributed by atoms with Crippen molar-refractivity contribution in [3.8, 4) is 11.6 Å². The minimum Gasteiger partial charge on any atom is -0.438 e. The molecule has 2 heterocycles. The molecule has 1 aromatic carbocycles. The van der Waals surface area contributed by atoms with Crippen LogP contribution in [0.3, 0.4) is 0 Å². The number of allylic oxidation sites excluding steroid dienone is 2. The lowest BCUT2D eigenvalue weighted by atomic mass is 9.81. The lowest BCUT2D eigenvalue weighted by Gasteiger charge is -2.25. The molecule has 0 spiro atoms. The van der Waals surface area contributed by atoms with Gasteiger partial charge >= 0.3 is 0 Å². The summed E-state index contributed by atoms with van der Waals surface area (Å²) in [7, 11) is -4.27. The molecule has 1 aliphatic carbocycles. The largest absolute Gasteiger partial charge is 0.438 e. The van der Waals surface area contributed by atoms with Crippen LogP contribution >= 0.6 is 0 Å². The minimum absolute atomic E-state index is 0.00271. The Bertz CT molecular complexity index is 1490. The lowest BCUT2D eigenvalue weighted by Crippen LogP contribution is -2.31. The maximum absolute atomic E-state index is 13.3. The van der Waals surface area contributed by atoms with Gasteiger partial charge in [-0.1, -0.05) is 43.7 Å². The van der Waals surface area contributed by atoms with Crippen LogP contribution in [-0.2, 0) is 10.0 Å². The molecule has 0 saturated carbocycles. The van der Waals surface area contributed by atoms with E-state index in [1.165, 1.54) is 18.2 Å². The predicted octanol–water partition coefficient (Wildman–Crippen LogP) is 5.73. The summed E-state index contributed by atoms with van der Waals surface area (Å²) in [6, 6.07) is 11.5. The van der Waals surface area contributed by atoms with E-state index in [-0.39, 0.29) is 22.3 Å². The van der Waals surface area contributed by atoms with E-state index in [0.29, 0.717) is 23.3 Å². The molecule has 3 aromatic rings. The molecule has 0 radical (unpaired) electrons. The molecule has 0 aliphatic heterocycles. The van der Waals surface area contributed by atoms with Gasteiger partial charge in [-0.2, -0.15) is 8.42 Å². The quantitative estimate of drug-likeness (QED) is 0.396. The average Bonchev–Trinajstić information content (AvgIpc) is 2.86. The number of nitrogens with one attached hydrogen (secondary N) is 1. The molecule has 0 saturated heterocycles. The minimum atomic E-state index is -4.27. The van der Waals surface area contributed by atoms with Crippen molar-refractivity contribution in [1.82, 2.24) is 14.7 Å². The van der Waals surface area contributed by atoms with Crippen LogP contribution in [-0.4, -0.2) is 24.3 Å². The van der Waals surface area contributed by atoms with Gasteiger partial charge in [-0.15, -0.1) is 0 Å². The van der Waals surface area contributed by atoms with E-state index in [1.807, 2.05) is 32.9 Å². The first-order valence-electron chi connectivity index (χ1n) is 12.7. The van der Waals surface area contributed by atoms with Gasteiger partial charge < -0.3 is 10.5 Å². The third-order valence-electron chi connectivity index (χ3n) is 6.88. The van der Waals surface area contributed by atoms with Crippen molar-refractivity contribution in [3.05, 3.63) is 76.5 Å². The summed E-state index contributed by atoms with van der Waals surface area (Å²) in [6.07, 6.45) is 5.11. The lowest BCUT2D eigenvalue weighted by molar-refractivity contribution is 0.0978. The van der Waals surface area contributed by atoms with Crippen molar-refractivity contribution in [2.24, 2.45) is 11.8 Å². The topological polar surface area (TPSA) is 124 Å². The number of pyridine rings is 2. The molecule has 0 bridgehead atoms. The number of hydrogen-bond acceptors (Lipinski definition) is 7. The number of anilines is 1. The molecular weight excluding hydrogens is 500 g/mol. The molecule has 4 rings (SSSR count). The number of hydrogen-bond donors (Lipinski definition) is 2. The normalized spacial score (nSPS) is 15.7. The third-order valence-corrected chi connectivity index (χ3v) is 8.11. The van der Waals surface area contributed by atoms with Crippen molar-refractivity contribution in [1.29, 1.82) is 0 Å². The highest BCUT2D eigenvalue weighted by Crippen LogP contribution is 2.36. The van der Waals surface area contributed by atoms with E-state index in [2.05, 4.69) is 29.6 Å². The molecule has 2 aromatic heterocycles. The van der Waals surface area contributed by atoms with Gasteiger partial charge in [0.1, 0.15) is 17.1 Å². The zero-order valence-electron chi connectivity index (χ0n) is 22.4. The molecule has 1 unspecified atom stereocenters. The Morgan fingerprint density at radius 2 is 1.79 bits per heavy atom. The first kappa shape index (κ1) is 27.3. The van der Waals surface area contributed by atoms with Crippen molar-refractivity contribution < 1.29 is 17.9 Å². The number of ether oxygens (including phenoxy) is 1. The number of carbonyl (C=O) groups is 1. The molecule has 9 heteroatoms. The van der Waals surface area contributed by atoms with Crippen molar-refractivity contribution >= 4 is 27.3 Å². The first-order chi connectivity index (χ1) is 17.9. The molecule has 1 atom stereocenters. The maximum atomic E-state index is 13.3. The number of aromatic nitrogens is 2. The highest BCUT2D eigenvalue weighted by Gasteiger charge is 2.26. The Balaban J connectivity index is 1.72. The number of aryl methyl sites for hydroxylation is 3. The molecule has 38 heavy (non-hydrogen) atoms. The van der Waals surface area contributed by atoms with Crippen LogP contribution in [0.4, 0.5) is 5.82 Å². The van der Waals surface area contributed by atoms with Gasteiger partial charge in [0.15, 0.2) is 5.03 Å². The summed E-state index contributed by atoms with van der Waals surface area (Å²) < 4.78 is 34.1. The Morgan fingerprint density at radius 3 is 2.39 bits per heavy atom. The highest BCUT2D eigenvalue weighted by molar-refractivity contribution is 7.90. The Labute approximate surface area is 224 Å². The van der Waals surface area contributed by atoms with Crippen molar-refractivity contribution in [3.63, 3.8) is 0 Å². The SMILES string of the molecule is Cc1cc(C)c(Oc2nc(C3=CCC(C(C)C)CC3)ccc2C(=O)NS(=O)(=O)c2cccc(N)n2)c(C)c1. The second-order valence-corrected chi connectivity index (χ2v) is 11.9. The number of benzene rings is 1. The standard InChI is InChI=1S/C29H34N4O4S/c1-17(2)21-9-11-22(12-10-21)24-14-13-23(28(34)33-38(35,36)26-8-6-7-25(30)32-26)29(31-24)37-27-19(4)15-18(3)16-20(27)5/h6-8,11,13-17,21H,9-10,12H2,1-5H3,(H2,30,32)(H,33,34). The van der Waals surface area contributed by atoms with E-state index in [4.69, 9.17) is 15.5 Å². The average molecular weight is 535 g/mol. The Kier molecular flexibility index (Phi) is 7.87. The molecular formula is C29H34N4O4S. The highest BCUT2D eigenvalue weighted by atomic mass is 32.2. The van der Waals surface area contributed by atoms with Crippen LogP contribution in [0.1, 0.15) is 65.9 Å². The van der Waals surface area contributed by atoms with E-state index in [0.717, 1.165) is 41.5 Å². The number of rotatable bonds is 7. The molecule has 1 aliphatic rings. The van der Waals surface area contributed by atoms with Gasteiger partial charge in [-0.3, -0.25) is 4.79 Å². The summed E-state index contributed by atoms with van der Waals surface area (Å²) in [5.41, 5.74) is 10.3. The zero-order chi connectivity index (χ0) is 27.6. The van der Waals surface area contributed by atoms with Crippen LogP contribution < -0.4 is 15.2 Å². The monoisotopic (exact) mass is 534 g/mol. The van der Waals surface area contributed by atoms with Crippen molar-refractivity contribution in [2.45, 2.75) is 58.9 Å². The Morgan fingerprint density at radius 1 is 1.08 bits per heavy atom. The summed E-state index contributed by atoms with van der Waals surface area (Å²) >= 11 is 0. The van der Waals surface area contributed by atoms with Crippen LogP contribution in [0.2, 0.25) is 0 Å².